The first-order valence-corrected chi connectivity index (χ1v) is 11.7. The van der Waals surface area contributed by atoms with Gasteiger partial charge < -0.3 is 5.11 Å². The number of ketones is 1. The number of carbonyl (C=O) groups is 2. The van der Waals surface area contributed by atoms with Crippen LogP contribution < -0.4 is 4.90 Å². The van der Waals surface area contributed by atoms with E-state index in [4.69, 9.17) is 11.6 Å². The van der Waals surface area contributed by atoms with Crippen LogP contribution in [0.1, 0.15) is 49.1 Å². The van der Waals surface area contributed by atoms with E-state index in [0.717, 1.165) is 5.56 Å². The molecule has 0 spiro atoms. The normalized spacial score (nSPS) is 17.5. The maximum atomic E-state index is 13.4. The molecule has 0 saturated carbocycles. The molecule has 3 aromatic rings. The SMILES string of the molecule is Cc1c(Cl)cccc1N1C(=O)C(=O)/C(=C(/O)c2cccc([N+](=O)[O-])c2)C1c1ccc(C(C)(C)C)cc1. The summed E-state index contributed by atoms with van der Waals surface area (Å²) in [6.45, 7) is 7.97. The highest BCUT2D eigenvalue weighted by Crippen LogP contribution is 2.44. The summed E-state index contributed by atoms with van der Waals surface area (Å²) in [5, 5.41) is 23.0. The molecular weight excluding hydrogens is 480 g/mol. The van der Waals surface area contributed by atoms with Crippen molar-refractivity contribution in [3.63, 3.8) is 0 Å². The molecule has 1 N–H and O–H groups in total. The number of amides is 1. The molecule has 1 atom stereocenters. The third kappa shape index (κ3) is 4.38. The molecular formula is C28H25ClN2O5. The van der Waals surface area contributed by atoms with Gasteiger partial charge in [-0.25, -0.2) is 0 Å². The second-order valence-corrected chi connectivity index (χ2v) is 10.1. The van der Waals surface area contributed by atoms with Gasteiger partial charge in [-0.15, -0.1) is 0 Å². The van der Waals surface area contributed by atoms with Gasteiger partial charge in [-0.05, 0) is 41.2 Å². The van der Waals surface area contributed by atoms with Crippen molar-refractivity contribution < 1.29 is 19.6 Å². The highest BCUT2D eigenvalue weighted by atomic mass is 35.5. The van der Waals surface area contributed by atoms with Crippen LogP contribution in [0.3, 0.4) is 0 Å². The van der Waals surface area contributed by atoms with Gasteiger partial charge in [-0.3, -0.25) is 24.6 Å². The molecule has 8 heteroatoms. The van der Waals surface area contributed by atoms with Crippen molar-refractivity contribution in [2.75, 3.05) is 4.90 Å². The molecule has 1 heterocycles. The molecule has 0 bridgehead atoms. The van der Waals surface area contributed by atoms with Crippen LogP contribution in [0.25, 0.3) is 5.76 Å². The molecule has 0 aliphatic carbocycles. The van der Waals surface area contributed by atoms with E-state index >= 15 is 0 Å². The molecule has 1 aliphatic rings. The Hall–Kier alpha value is -3.97. The zero-order valence-electron chi connectivity index (χ0n) is 20.3. The molecule has 7 nitrogen and oxygen atoms in total. The number of carbonyl (C=O) groups excluding carboxylic acids is 2. The largest absolute Gasteiger partial charge is 0.507 e. The van der Waals surface area contributed by atoms with Gasteiger partial charge in [0.1, 0.15) is 5.76 Å². The first kappa shape index (κ1) is 25.1. The second-order valence-electron chi connectivity index (χ2n) is 9.73. The predicted molar refractivity (Wildman–Crippen MR) is 139 cm³/mol. The Labute approximate surface area is 213 Å². The number of nitro groups is 1. The Balaban J connectivity index is 1.97. The van der Waals surface area contributed by atoms with Gasteiger partial charge in [0.15, 0.2) is 0 Å². The lowest BCUT2D eigenvalue weighted by molar-refractivity contribution is -0.384. The number of benzene rings is 3. The van der Waals surface area contributed by atoms with Crippen molar-refractivity contribution in [1.82, 2.24) is 0 Å². The van der Waals surface area contributed by atoms with E-state index in [9.17, 15) is 24.8 Å². The monoisotopic (exact) mass is 504 g/mol. The molecule has 1 fully saturated rings. The van der Waals surface area contributed by atoms with Crippen LogP contribution in [0.2, 0.25) is 5.02 Å². The van der Waals surface area contributed by atoms with Gasteiger partial charge in [-0.1, -0.05) is 74.8 Å². The van der Waals surface area contributed by atoms with E-state index in [-0.39, 0.29) is 22.2 Å². The van der Waals surface area contributed by atoms with Gasteiger partial charge >= 0.3 is 0 Å². The Kier molecular flexibility index (Phi) is 6.45. The van der Waals surface area contributed by atoms with Crippen molar-refractivity contribution in [2.24, 2.45) is 0 Å². The van der Waals surface area contributed by atoms with Crippen LogP contribution in [0.5, 0.6) is 0 Å². The average molecular weight is 505 g/mol. The van der Waals surface area contributed by atoms with Crippen molar-refractivity contribution in [1.29, 1.82) is 0 Å². The minimum absolute atomic E-state index is 0.0707. The van der Waals surface area contributed by atoms with Gasteiger partial charge in [0.05, 0.1) is 16.5 Å². The number of halogens is 1. The van der Waals surface area contributed by atoms with Crippen LogP contribution in [-0.4, -0.2) is 21.7 Å². The number of rotatable bonds is 4. The maximum absolute atomic E-state index is 13.4. The van der Waals surface area contributed by atoms with Crippen molar-refractivity contribution >= 4 is 40.4 Å². The van der Waals surface area contributed by atoms with Crippen LogP contribution in [-0.2, 0) is 15.0 Å². The lowest BCUT2D eigenvalue weighted by Crippen LogP contribution is -2.30. The van der Waals surface area contributed by atoms with E-state index in [2.05, 4.69) is 20.8 Å². The fourth-order valence-corrected chi connectivity index (χ4v) is 4.51. The van der Waals surface area contributed by atoms with Gasteiger partial charge in [0.2, 0.25) is 0 Å². The number of nitro benzene ring substituents is 1. The molecule has 1 saturated heterocycles. The number of non-ortho nitro benzene ring substituents is 1. The quantitative estimate of drug-likeness (QED) is 0.144. The molecule has 3 aromatic carbocycles. The summed E-state index contributed by atoms with van der Waals surface area (Å²) in [7, 11) is 0. The minimum Gasteiger partial charge on any atom is -0.507 e. The van der Waals surface area contributed by atoms with Crippen LogP contribution in [0.4, 0.5) is 11.4 Å². The maximum Gasteiger partial charge on any atom is 0.300 e. The third-order valence-corrected chi connectivity index (χ3v) is 6.78. The van der Waals surface area contributed by atoms with Gasteiger partial charge in [0, 0.05) is 28.4 Å². The molecule has 0 radical (unpaired) electrons. The third-order valence-electron chi connectivity index (χ3n) is 6.37. The van der Waals surface area contributed by atoms with Crippen molar-refractivity contribution in [3.8, 4) is 0 Å². The summed E-state index contributed by atoms with van der Waals surface area (Å²) in [5.74, 6) is -2.19. The number of Topliss-reactive ketones (excluding diaryl/α,β-unsaturated/α-hetero) is 1. The summed E-state index contributed by atoms with van der Waals surface area (Å²) in [6.07, 6.45) is 0. The van der Waals surface area contributed by atoms with Gasteiger partial charge in [-0.2, -0.15) is 0 Å². The van der Waals surface area contributed by atoms with E-state index in [0.29, 0.717) is 21.8 Å². The summed E-state index contributed by atoms with van der Waals surface area (Å²) in [4.78, 5) is 38.8. The lowest BCUT2D eigenvalue weighted by Gasteiger charge is -2.28. The second kappa shape index (κ2) is 9.24. The topological polar surface area (TPSA) is 101 Å². The number of aliphatic hydroxyl groups is 1. The highest BCUT2D eigenvalue weighted by Gasteiger charge is 2.47. The molecule has 1 unspecified atom stereocenters. The number of aliphatic hydroxyl groups excluding tert-OH is 1. The molecule has 1 aliphatic heterocycles. The number of anilines is 1. The van der Waals surface area contributed by atoms with E-state index in [1.807, 2.05) is 24.3 Å². The van der Waals surface area contributed by atoms with Crippen LogP contribution in [0, 0.1) is 17.0 Å². The molecule has 184 valence electrons. The number of hydrogen-bond donors (Lipinski definition) is 1. The highest BCUT2D eigenvalue weighted by molar-refractivity contribution is 6.52. The Bertz CT molecular complexity index is 1420. The molecule has 1 amide bonds. The molecule has 0 aromatic heterocycles. The first-order valence-electron chi connectivity index (χ1n) is 11.3. The Morgan fingerprint density at radius 1 is 1.03 bits per heavy atom. The molecule has 4 rings (SSSR count). The van der Waals surface area contributed by atoms with Crippen molar-refractivity contribution in [3.05, 3.63) is 110 Å². The summed E-state index contributed by atoms with van der Waals surface area (Å²) < 4.78 is 0. The van der Waals surface area contributed by atoms with E-state index in [1.54, 1.807) is 25.1 Å². The first-order chi connectivity index (χ1) is 16.9. The summed E-state index contributed by atoms with van der Waals surface area (Å²) in [5.41, 5.74) is 2.26. The Morgan fingerprint density at radius 2 is 1.67 bits per heavy atom. The zero-order chi connectivity index (χ0) is 26.4. The summed E-state index contributed by atoms with van der Waals surface area (Å²) in [6, 6.07) is 16.9. The number of hydrogen-bond acceptors (Lipinski definition) is 5. The Morgan fingerprint density at radius 3 is 2.28 bits per heavy atom. The number of nitrogens with zero attached hydrogens (tertiary/aromatic N) is 2. The average Bonchev–Trinajstić information content (AvgIpc) is 3.10. The fraction of sp³-hybridized carbons (Fsp3) is 0.214. The van der Waals surface area contributed by atoms with Gasteiger partial charge in [0.25, 0.3) is 17.4 Å². The van der Waals surface area contributed by atoms with Crippen molar-refractivity contribution in [2.45, 2.75) is 39.2 Å². The zero-order valence-corrected chi connectivity index (χ0v) is 21.0. The van der Waals surface area contributed by atoms with E-state index in [1.165, 1.54) is 29.2 Å². The smallest absolute Gasteiger partial charge is 0.300 e. The lowest BCUT2D eigenvalue weighted by atomic mass is 9.85. The fourth-order valence-electron chi connectivity index (χ4n) is 4.34. The standard InChI is InChI=1S/C28H25ClN2O5/c1-16-21(29)9-6-10-22(16)30-24(17-11-13-19(14-12-17)28(2,3)4)23(26(33)27(30)34)25(32)18-7-5-8-20(15-18)31(35)36/h5-15,24,32H,1-4H3/b25-23+. The van der Waals surface area contributed by atoms with Crippen LogP contribution in [0.15, 0.2) is 72.3 Å². The molecule has 36 heavy (non-hydrogen) atoms. The van der Waals surface area contributed by atoms with E-state index < -0.39 is 28.4 Å². The predicted octanol–water partition coefficient (Wildman–Crippen LogP) is 6.48. The van der Waals surface area contributed by atoms with Crippen LogP contribution >= 0.6 is 11.6 Å². The summed E-state index contributed by atoms with van der Waals surface area (Å²) >= 11 is 6.33. The minimum atomic E-state index is -0.963.